The molecule has 0 saturated carbocycles. The molecule has 0 unspecified atom stereocenters. The number of amides is 1. The van der Waals surface area contributed by atoms with Crippen molar-refractivity contribution in [3.8, 4) is 16.9 Å². The van der Waals surface area contributed by atoms with Gasteiger partial charge in [-0.25, -0.2) is 4.98 Å². The summed E-state index contributed by atoms with van der Waals surface area (Å²) >= 11 is 0. The number of imidazole rings is 1. The molecule has 2 aromatic heterocycles. The molecular formula is C22H28N4O2. The number of methoxy groups -OCH3 is 1. The SMILES string of the molecule is CCCCc1c(-c2ccc(OC)cc2)c(C(N)=O)c(C)n1CCc1cnc[nH]1. The third-order valence-corrected chi connectivity index (χ3v) is 5.18. The van der Waals surface area contributed by atoms with E-state index in [0.29, 0.717) is 5.56 Å². The summed E-state index contributed by atoms with van der Waals surface area (Å²) in [6.45, 7) is 4.92. The molecule has 0 spiro atoms. The number of carbonyl (C=O) groups is 1. The van der Waals surface area contributed by atoms with Crippen LogP contribution in [-0.4, -0.2) is 27.6 Å². The highest BCUT2D eigenvalue weighted by atomic mass is 16.5. The molecular weight excluding hydrogens is 352 g/mol. The lowest BCUT2D eigenvalue weighted by Gasteiger charge is -2.13. The van der Waals surface area contributed by atoms with E-state index in [0.717, 1.165) is 66.2 Å². The maximum atomic E-state index is 12.4. The van der Waals surface area contributed by atoms with Gasteiger partial charge in [-0.1, -0.05) is 25.5 Å². The van der Waals surface area contributed by atoms with Crippen molar-refractivity contribution in [2.24, 2.45) is 5.73 Å². The molecule has 0 saturated heterocycles. The highest BCUT2D eigenvalue weighted by Gasteiger charge is 2.24. The lowest BCUT2D eigenvalue weighted by atomic mass is 9.97. The average molecular weight is 380 g/mol. The molecule has 0 bridgehead atoms. The maximum absolute atomic E-state index is 12.4. The van der Waals surface area contributed by atoms with E-state index in [9.17, 15) is 4.79 Å². The monoisotopic (exact) mass is 380 g/mol. The van der Waals surface area contributed by atoms with Crippen LogP contribution >= 0.6 is 0 Å². The number of aromatic amines is 1. The molecule has 0 aliphatic heterocycles. The number of nitrogens with zero attached hydrogens (tertiary/aromatic N) is 2. The van der Waals surface area contributed by atoms with Gasteiger partial charge in [-0.3, -0.25) is 4.79 Å². The van der Waals surface area contributed by atoms with Crippen LogP contribution in [0.4, 0.5) is 0 Å². The van der Waals surface area contributed by atoms with E-state index in [1.807, 2.05) is 37.4 Å². The molecule has 3 rings (SSSR count). The standard InChI is InChI=1S/C22H28N4O2/c1-4-5-6-19-21(16-7-9-18(28-3)10-8-16)20(22(23)27)15(2)26(19)12-11-17-13-24-14-25-17/h7-10,13-14H,4-6,11-12H2,1-3H3,(H2,23,27)(H,24,25). The summed E-state index contributed by atoms with van der Waals surface area (Å²) in [5, 5.41) is 0. The number of nitrogens with two attached hydrogens (primary N) is 1. The Morgan fingerprint density at radius 2 is 2.00 bits per heavy atom. The molecule has 3 aromatic rings. The molecule has 0 radical (unpaired) electrons. The summed E-state index contributed by atoms with van der Waals surface area (Å²) < 4.78 is 7.53. The number of unbranched alkanes of at least 4 members (excludes halogenated alkanes) is 1. The van der Waals surface area contributed by atoms with Gasteiger partial charge in [-0.05, 0) is 37.5 Å². The van der Waals surface area contributed by atoms with E-state index in [4.69, 9.17) is 10.5 Å². The first kappa shape index (κ1) is 19.7. The number of carbonyl (C=O) groups excluding carboxylic acids is 1. The zero-order valence-corrected chi connectivity index (χ0v) is 16.8. The smallest absolute Gasteiger partial charge is 0.251 e. The van der Waals surface area contributed by atoms with Crippen molar-refractivity contribution in [1.82, 2.24) is 14.5 Å². The Labute approximate surface area is 165 Å². The van der Waals surface area contributed by atoms with E-state index >= 15 is 0 Å². The van der Waals surface area contributed by atoms with Crippen LogP contribution in [0.25, 0.3) is 11.1 Å². The number of nitrogens with one attached hydrogen (secondary N) is 1. The Hall–Kier alpha value is -3.02. The van der Waals surface area contributed by atoms with Crippen LogP contribution in [0.5, 0.6) is 5.75 Å². The van der Waals surface area contributed by atoms with Crippen LogP contribution in [0.15, 0.2) is 36.8 Å². The minimum atomic E-state index is -0.388. The summed E-state index contributed by atoms with van der Waals surface area (Å²) in [6, 6.07) is 7.82. The zero-order chi connectivity index (χ0) is 20.1. The van der Waals surface area contributed by atoms with Crippen LogP contribution in [0.2, 0.25) is 0 Å². The fourth-order valence-electron chi connectivity index (χ4n) is 3.73. The summed E-state index contributed by atoms with van der Waals surface area (Å²) in [7, 11) is 1.65. The number of ether oxygens (including phenoxy) is 1. The number of primary amides is 1. The molecule has 0 atom stereocenters. The van der Waals surface area contributed by atoms with E-state index < -0.39 is 0 Å². The van der Waals surface area contributed by atoms with E-state index in [-0.39, 0.29) is 5.91 Å². The van der Waals surface area contributed by atoms with Gasteiger partial charge in [0.15, 0.2) is 0 Å². The number of benzene rings is 1. The van der Waals surface area contributed by atoms with Crippen molar-refractivity contribution in [3.63, 3.8) is 0 Å². The predicted octanol–water partition coefficient (Wildman–Crippen LogP) is 3.88. The Balaban J connectivity index is 2.10. The molecule has 6 nitrogen and oxygen atoms in total. The van der Waals surface area contributed by atoms with Gasteiger partial charge in [0.05, 0.1) is 19.0 Å². The highest BCUT2D eigenvalue weighted by molar-refractivity contribution is 6.02. The lowest BCUT2D eigenvalue weighted by molar-refractivity contribution is 0.1000. The number of hydrogen-bond donors (Lipinski definition) is 2. The summed E-state index contributed by atoms with van der Waals surface area (Å²) in [4.78, 5) is 19.6. The van der Waals surface area contributed by atoms with Gasteiger partial charge in [0.25, 0.3) is 5.91 Å². The van der Waals surface area contributed by atoms with E-state index in [1.54, 1.807) is 13.4 Å². The minimum Gasteiger partial charge on any atom is -0.497 e. The van der Waals surface area contributed by atoms with Crippen molar-refractivity contribution in [1.29, 1.82) is 0 Å². The number of hydrogen-bond acceptors (Lipinski definition) is 3. The van der Waals surface area contributed by atoms with Crippen LogP contribution in [-0.2, 0) is 19.4 Å². The third kappa shape index (κ3) is 3.96. The average Bonchev–Trinajstić information content (AvgIpc) is 3.30. The Kier molecular flexibility index (Phi) is 6.19. The third-order valence-electron chi connectivity index (χ3n) is 5.18. The second-order valence-corrected chi connectivity index (χ2v) is 6.96. The van der Waals surface area contributed by atoms with Crippen molar-refractivity contribution in [2.75, 3.05) is 7.11 Å². The quantitative estimate of drug-likeness (QED) is 0.591. The van der Waals surface area contributed by atoms with Crippen LogP contribution < -0.4 is 10.5 Å². The molecule has 6 heteroatoms. The van der Waals surface area contributed by atoms with Gasteiger partial charge in [-0.15, -0.1) is 0 Å². The predicted molar refractivity (Wildman–Crippen MR) is 111 cm³/mol. The van der Waals surface area contributed by atoms with Gasteiger partial charge in [0.1, 0.15) is 5.75 Å². The Bertz CT molecular complexity index is 925. The summed E-state index contributed by atoms with van der Waals surface area (Å²) in [5.74, 6) is 0.399. The van der Waals surface area contributed by atoms with Crippen LogP contribution in [0.3, 0.4) is 0 Å². The number of H-pyrrole nitrogens is 1. The van der Waals surface area contributed by atoms with Gasteiger partial charge in [0.2, 0.25) is 0 Å². The van der Waals surface area contributed by atoms with Crippen LogP contribution in [0.1, 0.15) is 47.2 Å². The second-order valence-electron chi connectivity index (χ2n) is 6.96. The topological polar surface area (TPSA) is 85.9 Å². The van der Waals surface area contributed by atoms with Crippen molar-refractivity contribution in [2.45, 2.75) is 46.1 Å². The van der Waals surface area contributed by atoms with Crippen molar-refractivity contribution < 1.29 is 9.53 Å². The number of rotatable bonds is 9. The van der Waals surface area contributed by atoms with Gasteiger partial charge in [-0.2, -0.15) is 0 Å². The molecule has 0 aliphatic carbocycles. The minimum absolute atomic E-state index is 0.388. The Morgan fingerprint density at radius 3 is 2.57 bits per heavy atom. The number of aromatic nitrogens is 3. The van der Waals surface area contributed by atoms with Gasteiger partial charge < -0.3 is 20.0 Å². The first-order valence-corrected chi connectivity index (χ1v) is 9.70. The van der Waals surface area contributed by atoms with Crippen molar-refractivity contribution in [3.05, 3.63) is 59.4 Å². The first-order valence-electron chi connectivity index (χ1n) is 9.70. The molecule has 148 valence electrons. The molecule has 1 amide bonds. The van der Waals surface area contributed by atoms with Gasteiger partial charge in [0, 0.05) is 41.8 Å². The summed E-state index contributed by atoms with van der Waals surface area (Å²) in [6.07, 6.45) is 7.37. The van der Waals surface area contributed by atoms with E-state index in [1.165, 1.54) is 0 Å². The molecule has 1 aromatic carbocycles. The largest absolute Gasteiger partial charge is 0.497 e. The fourth-order valence-corrected chi connectivity index (χ4v) is 3.73. The maximum Gasteiger partial charge on any atom is 0.251 e. The highest BCUT2D eigenvalue weighted by Crippen LogP contribution is 2.35. The van der Waals surface area contributed by atoms with Gasteiger partial charge >= 0.3 is 0 Å². The first-order chi connectivity index (χ1) is 13.6. The zero-order valence-electron chi connectivity index (χ0n) is 16.8. The fraction of sp³-hybridized carbons (Fsp3) is 0.364. The normalized spacial score (nSPS) is 11.0. The second kappa shape index (κ2) is 8.78. The number of aryl methyl sites for hydroxylation is 1. The molecule has 0 fully saturated rings. The molecule has 28 heavy (non-hydrogen) atoms. The summed E-state index contributed by atoms with van der Waals surface area (Å²) in [5.41, 5.74) is 11.5. The van der Waals surface area contributed by atoms with Crippen LogP contribution in [0, 0.1) is 6.92 Å². The molecule has 2 heterocycles. The molecule has 3 N–H and O–H groups in total. The Morgan fingerprint density at radius 1 is 1.25 bits per heavy atom. The lowest BCUT2D eigenvalue weighted by Crippen LogP contribution is -2.14. The van der Waals surface area contributed by atoms with E-state index in [2.05, 4.69) is 21.5 Å². The molecule has 0 aliphatic rings. The van der Waals surface area contributed by atoms with Crippen molar-refractivity contribution >= 4 is 5.91 Å².